The summed E-state index contributed by atoms with van der Waals surface area (Å²) >= 11 is 0. The smallest absolute Gasteiger partial charge is 0.159 e. The van der Waals surface area contributed by atoms with E-state index in [1.807, 2.05) is 0 Å². The zero-order valence-corrected chi connectivity index (χ0v) is 27.5. The van der Waals surface area contributed by atoms with Gasteiger partial charge in [-0.15, -0.1) is 0 Å². The maximum Gasteiger partial charge on any atom is 0.159 e. The van der Waals surface area contributed by atoms with Crippen LogP contribution >= 0.6 is 0 Å². The molecule has 3 saturated carbocycles. The van der Waals surface area contributed by atoms with Crippen molar-refractivity contribution in [1.82, 2.24) is 0 Å². The van der Waals surface area contributed by atoms with E-state index in [4.69, 9.17) is 9.47 Å². The highest BCUT2D eigenvalue weighted by Gasteiger charge is 2.70. The summed E-state index contributed by atoms with van der Waals surface area (Å²) in [5, 5.41) is 0. The van der Waals surface area contributed by atoms with Crippen molar-refractivity contribution in [2.24, 2.45) is 10.8 Å². The van der Waals surface area contributed by atoms with Gasteiger partial charge in [-0.25, -0.2) is 0 Å². The van der Waals surface area contributed by atoms with Gasteiger partial charge in [0, 0.05) is 0 Å². The van der Waals surface area contributed by atoms with Gasteiger partial charge >= 0.3 is 0 Å². The molecule has 0 unspecified atom stereocenters. The first-order valence-electron chi connectivity index (χ1n) is 18.1. The third kappa shape index (κ3) is 7.26. The van der Waals surface area contributed by atoms with Crippen LogP contribution < -0.4 is 9.47 Å². The van der Waals surface area contributed by atoms with Crippen LogP contribution in [0.4, 0.5) is 0 Å². The molecule has 2 aromatic rings. The molecule has 2 aromatic carbocycles. The molecule has 3 aliphatic rings. The third-order valence-electron chi connectivity index (χ3n) is 11.2. The molecule has 240 valence electrons. The lowest BCUT2D eigenvalue weighted by Crippen LogP contribution is -2.68. The Hall–Kier alpha value is -2.62. The minimum Gasteiger partial charge on any atom is -0.494 e. The second kappa shape index (κ2) is 15.6. The van der Waals surface area contributed by atoms with Crippen molar-refractivity contribution < 1.29 is 19.1 Å². The zero-order valence-electron chi connectivity index (χ0n) is 27.5. The van der Waals surface area contributed by atoms with Crippen LogP contribution in [0.2, 0.25) is 0 Å². The molecule has 0 amide bonds. The monoisotopic (exact) mass is 600 g/mol. The fourth-order valence-corrected chi connectivity index (χ4v) is 8.32. The topological polar surface area (TPSA) is 52.6 Å². The van der Waals surface area contributed by atoms with Gasteiger partial charge < -0.3 is 9.47 Å². The molecule has 0 bridgehead atoms. The number of hydrogen-bond acceptors (Lipinski definition) is 4. The lowest BCUT2D eigenvalue weighted by molar-refractivity contribution is -0.177. The Kier molecular flexibility index (Phi) is 11.6. The van der Waals surface area contributed by atoms with Gasteiger partial charge in [0.05, 0.1) is 24.0 Å². The standard InChI is InChI=1S/C40H56O4/c1-3-5-7-9-11-29-43-35-17-13-31(14-18-35)33-21-25-39(26-22-33)37(41)40(38(39)42)27-23-34(24-28-40)32-15-19-36(20-16-32)44-30-12-10-8-6-4-2/h13-20,33-34H,3-12,21-30H2,1-2H3. The normalized spacial score (nSPS) is 26.6. The summed E-state index contributed by atoms with van der Waals surface area (Å²) in [5.74, 6) is 3.27. The quantitative estimate of drug-likeness (QED) is 0.142. The molecule has 0 aromatic heterocycles. The predicted molar refractivity (Wildman–Crippen MR) is 179 cm³/mol. The lowest BCUT2D eigenvalue weighted by Gasteiger charge is -2.57. The summed E-state index contributed by atoms with van der Waals surface area (Å²) in [5.41, 5.74) is 1.24. The van der Waals surface area contributed by atoms with Crippen LogP contribution in [0.3, 0.4) is 0 Å². The van der Waals surface area contributed by atoms with Gasteiger partial charge in [-0.3, -0.25) is 9.59 Å². The number of hydrogen-bond donors (Lipinski definition) is 0. The largest absolute Gasteiger partial charge is 0.494 e. The molecule has 0 atom stereocenters. The van der Waals surface area contributed by atoms with Gasteiger partial charge in [-0.05, 0) is 111 Å². The molecular formula is C40H56O4. The molecule has 0 N–H and O–H groups in total. The van der Waals surface area contributed by atoms with E-state index in [0.717, 1.165) is 88.9 Å². The Balaban J connectivity index is 1.05. The van der Waals surface area contributed by atoms with E-state index in [0.29, 0.717) is 11.8 Å². The van der Waals surface area contributed by atoms with Crippen molar-refractivity contribution in [2.45, 2.75) is 141 Å². The molecular weight excluding hydrogens is 544 g/mol. The predicted octanol–water partition coefficient (Wildman–Crippen LogP) is 10.5. The molecule has 4 heteroatoms. The molecule has 2 spiro atoms. The average molecular weight is 601 g/mol. The minimum absolute atomic E-state index is 0.275. The average Bonchev–Trinajstić information content (AvgIpc) is 3.08. The number of unbranched alkanes of at least 4 members (excludes halogenated alkanes) is 8. The van der Waals surface area contributed by atoms with Crippen molar-refractivity contribution in [3.05, 3.63) is 59.7 Å². The molecule has 4 nitrogen and oxygen atoms in total. The van der Waals surface area contributed by atoms with Gasteiger partial charge in [0.25, 0.3) is 0 Å². The molecule has 3 fully saturated rings. The number of carbonyl (C=O) groups excluding carboxylic acids is 2. The van der Waals surface area contributed by atoms with Crippen LogP contribution in [-0.2, 0) is 9.59 Å². The van der Waals surface area contributed by atoms with Gasteiger partial charge in [-0.1, -0.05) is 89.5 Å². The van der Waals surface area contributed by atoms with Crippen LogP contribution in [0, 0.1) is 10.8 Å². The Morgan fingerprint density at radius 3 is 1.20 bits per heavy atom. The molecule has 44 heavy (non-hydrogen) atoms. The van der Waals surface area contributed by atoms with Crippen molar-refractivity contribution in [3.8, 4) is 11.5 Å². The summed E-state index contributed by atoms with van der Waals surface area (Å²) in [7, 11) is 0. The molecule has 5 rings (SSSR count). The van der Waals surface area contributed by atoms with Crippen molar-refractivity contribution >= 4 is 11.6 Å². The number of benzene rings is 2. The highest BCUT2D eigenvalue weighted by atomic mass is 16.5. The van der Waals surface area contributed by atoms with E-state index in [1.165, 1.54) is 62.5 Å². The summed E-state index contributed by atoms with van der Waals surface area (Å²) < 4.78 is 11.9. The fourth-order valence-electron chi connectivity index (χ4n) is 8.32. The van der Waals surface area contributed by atoms with Gasteiger partial charge in [0.2, 0.25) is 0 Å². The van der Waals surface area contributed by atoms with Gasteiger partial charge in [0.15, 0.2) is 11.6 Å². The van der Waals surface area contributed by atoms with Crippen molar-refractivity contribution in [2.75, 3.05) is 13.2 Å². The van der Waals surface area contributed by atoms with Gasteiger partial charge in [0.1, 0.15) is 11.5 Å². The number of carbonyl (C=O) groups is 2. The first kappa shape index (κ1) is 32.8. The fraction of sp³-hybridized carbons (Fsp3) is 0.650. The van der Waals surface area contributed by atoms with Crippen LogP contribution in [0.15, 0.2) is 48.5 Å². The maximum atomic E-state index is 13.8. The number of ether oxygens (including phenoxy) is 2. The Labute approximate surface area is 266 Å². The maximum absolute atomic E-state index is 13.8. The highest BCUT2D eigenvalue weighted by Crippen LogP contribution is 2.62. The molecule has 0 heterocycles. The Bertz CT molecular complexity index is 1070. The van der Waals surface area contributed by atoms with E-state index in [9.17, 15) is 9.59 Å². The molecule has 0 radical (unpaired) electrons. The summed E-state index contributed by atoms with van der Waals surface area (Å²) in [6.07, 6.45) is 19.0. The number of ketones is 2. The van der Waals surface area contributed by atoms with Crippen LogP contribution in [-0.4, -0.2) is 24.8 Å². The lowest BCUT2D eigenvalue weighted by atomic mass is 9.42. The van der Waals surface area contributed by atoms with E-state index in [1.54, 1.807) is 0 Å². The van der Waals surface area contributed by atoms with Crippen LogP contribution in [0.1, 0.15) is 152 Å². The number of rotatable bonds is 16. The molecule has 0 aliphatic heterocycles. The summed E-state index contributed by atoms with van der Waals surface area (Å²) in [6.45, 7) is 6.04. The van der Waals surface area contributed by atoms with Crippen LogP contribution in [0.25, 0.3) is 0 Å². The van der Waals surface area contributed by atoms with E-state index in [-0.39, 0.29) is 11.6 Å². The molecule has 0 saturated heterocycles. The Morgan fingerprint density at radius 1 is 0.523 bits per heavy atom. The highest BCUT2D eigenvalue weighted by molar-refractivity contribution is 6.30. The second-order valence-corrected chi connectivity index (χ2v) is 14.0. The Morgan fingerprint density at radius 2 is 0.864 bits per heavy atom. The summed E-state index contributed by atoms with van der Waals surface area (Å²) in [6, 6.07) is 17.1. The minimum atomic E-state index is -0.695. The third-order valence-corrected chi connectivity index (χ3v) is 11.2. The first-order chi connectivity index (χ1) is 21.5. The SMILES string of the molecule is CCCCCCCOc1ccc(C2CCC3(CC2)C(=O)C2(CCC(c4ccc(OCCCCCCC)cc4)CC2)C3=O)cc1. The van der Waals surface area contributed by atoms with E-state index < -0.39 is 10.8 Å². The van der Waals surface area contributed by atoms with E-state index in [2.05, 4.69) is 62.4 Å². The number of Topliss-reactive ketones (excluding diaryl/α,β-unsaturated/α-hetero) is 2. The van der Waals surface area contributed by atoms with Gasteiger partial charge in [-0.2, -0.15) is 0 Å². The van der Waals surface area contributed by atoms with Crippen molar-refractivity contribution in [1.29, 1.82) is 0 Å². The molecule has 3 aliphatic carbocycles. The van der Waals surface area contributed by atoms with Crippen LogP contribution in [0.5, 0.6) is 11.5 Å². The zero-order chi connectivity index (χ0) is 30.8. The second-order valence-electron chi connectivity index (χ2n) is 14.0. The van der Waals surface area contributed by atoms with E-state index >= 15 is 0 Å². The summed E-state index contributed by atoms with van der Waals surface area (Å²) in [4.78, 5) is 27.6. The first-order valence-corrected chi connectivity index (χ1v) is 18.1. The van der Waals surface area contributed by atoms with Crippen molar-refractivity contribution in [3.63, 3.8) is 0 Å².